The number of methoxy groups -OCH3 is 1. The van der Waals surface area contributed by atoms with Gasteiger partial charge in [0.05, 0.1) is 6.61 Å². The van der Waals surface area contributed by atoms with Crippen LogP contribution in [0.2, 0.25) is 0 Å². The van der Waals surface area contributed by atoms with Crippen LogP contribution < -0.4 is 9.47 Å². The summed E-state index contributed by atoms with van der Waals surface area (Å²) in [6, 6.07) is 40.1. The normalized spacial score (nSPS) is 8.51. The molecule has 0 aliphatic heterocycles. The summed E-state index contributed by atoms with van der Waals surface area (Å²) in [5.41, 5.74) is 0. The van der Waals surface area contributed by atoms with Crippen LogP contribution in [0.5, 0.6) is 17.2 Å². The third-order valence-corrected chi connectivity index (χ3v) is 3.85. The van der Waals surface area contributed by atoms with Crippen molar-refractivity contribution >= 4 is 0 Å². The summed E-state index contributed by atoms with van der Waals surface area (Å²) < 4.78 is 84.5. The Labute approximate surface area is 329 Å². The van der Waals surface area contributed by atoms with Crippen LogP contribution in [-0.4, -0.2) is 25.1 Å². The van der Waals surface area contributed by atoms with Crippen LogP contribution in [0.25, 0.3) is 0 Å². The van der Waals surface area contributed by atoms with Crippen LogP contribution in [0.4, 0.5) is 4.70 Å². The number of benzene rings is 4. The Hall–Kier alpha value is -3.83. The molecule has 49 heavy (non-hydrogen) atoms. The fourth-order valence-corrected chi connectivity index (χ4v) is 2.24. The Balaban J connectivity index is -0.0000000302. The van der Waals surface area contributed by atoms with E-state index in [1.807, 2.05) is 131 Å². The van der Waals surface area contributed by atoms with Crippen LogP contribution in [-0.2, 0) is 4.74 Å². The summed E-state index contributed by atoms with van der Waals surface area (Å²) in [6.07, 6.45) is -0.183. The molecule has 0 saturated heterocycles. The van der Waals surface area contributed by atoms with E-state index in [2.05, 4.69) is 0 Å². The van der Waals surface area contributed by atoms with E-state index < -0.39 is 0 Å². The summed E-state index contributed by atoms with van der Waals surface area (Å²) >= 11 is 0. The van der Waals surface area contributed by atoms with Gasteiger partial charge < -0.3 is 19.3 Å². The zero-order valence-electron chi connectivity index (χ0n) is 46.0. The fraction of sp³-hybridized carbons (Fsp3) is 0.455. The first kappa shape index (κ1) is 49.6. The smallest absolute Gasteiger partial charge is 0.196 e. The zero-order chi connectivity index (χ0) is 50.0. The predicted octanol–water partition coefficient (Wildman–Crippen LogP) is 16.7. The molecule has 4 aromatic carbocycles. The molecular formula is C44H93FO4. The van der Waals surface area contributed by atoms with E-state index >= 15 is 0 Å². The first-order chi connectivity index (χ1) is 29.2. The van der Waals surface area contributed by atoms with Gasteiger partial charge in [-0.05, 0) is 50.2 Å². The highest BCUT2D eigenvalue weighted by molar-refractivity contribution is 5.21. The highest BCUT2D eigenvalue weighted by Gasteiger charge is 1.98. The second-order valence-electron chi connectivity index (χ2n) is 6.47. The SMILES string of the molecule is C.CC.CCOc1ccccc1.COC(C)Oc1ccccc1.F.Oc1ccccc1.[3H]C.[3H]C.[3H]C.[3H]C.[3H]C.[3H]C.[3H]C.[3H]C.[3H]C.[3H]C.[3H]C.[3H]C.c1ccccc1. The Morgan fingerprint density at radius 3 is 0.980 bits per heavy atom. The van der Waals surface area contributed by atoms with E-state index in [9.17, 15) is 0 Å². The number of para-hydroxylation sites is 3. The summed E-state index contributed by atoms with van der Waals surface area (Å²) in [5, 5.41) is 8.63. The van der Waals surface area contributed by atoms with Gasteiger partial charge in [-0.2, -0.15) is 0 Å². The fourth-order valence-electron chi connectivity index (χ4n) is 2.24. The zero-order valence-corrected chi connectivity index (χ0v) is 34.0. The van der Waals surface area contributed by atoms with E-state index in [0.29, 0.717) is 5.75 Å². The maximum Gasteiger partial charge on any atom is 0.196 e. The Bertz CT molecular complexity index is 927. The molecule has 0 bridgehead atoms. The average Bonchev–Trinajstić information content (AvgIpc) is 3.39. The van der Waals surface area contributed by atoms with Crippen LogP contribution in [0.15, 0.2) is 127 Å². The molecule has 0 radical (unpaired) electrons. The third kappa shape index (κ3) is 63.5. The van der Waals surface area contributed by atoms with Crippen molar-refractivity contribution in [1.82, 2.24) is 0 Å². The van der Waals surface area contributed by atoms with E-state index in [0.717, 1.165) is 18.1 Å². The first-order valence-corrected chi connectivity index (χ1v) is 11.8. The van der Waals surface area contributed by atoms with Gasteiger partial charge in [0.25, 0.3) is 0 Å². The lowest BCUT2D eigenvalue weighted by Gasteiger charge is -2.11. The van der Waals surface area contributed by atoms with E-state index in [4.69, 9.17) is 35.8 Å². The second-order valence-corrected chi connectivity index (χ2v) is 6.47. The van der Waals surface area contributed by atoms with E-state index in [-0.39, 0.29) is 18.4 Å². The summed E-state index contributed by atoms with van der Waals surface area (Å²) in [6.45, 7) is 8.57. The molecule has 0 saturated carbocycles. The molecule has 300 valence electrons. The van der Waals surface area contributed by atoms with Crippen molar-refractivity contribution in [2.45, 2.75) is 130 Å². The van der Waals surface area contributed by atoms with Crippen LogP contribution in [0, 0.1) is 0 Å². The van der Waals surface area contributed by atoms with Crippen molar-refractivity contribution in [1.29, 1.82) is 0 Å². The summed E-state index contributed by atoms with van der Waals surface area (Å²) in [4.78, 5) is 0. The van der Waals surface area contributed by atoms with Gasteiger partial charge in [-0.1, -0.05) is 201 Å². The molecule has 0 heterocycles. The quantitative estimate of drug-likeness (QED) is 0.208. The predicted molar refractivity (Wildman–Crippen MR) is 237 cm³/mol. The molecule has 0 amide bonds. The molecule has 4 rings (SSSR count). The number of hydrogen-bond donors (Lipinski definition) is 1. The molecule has 1 atom stereocenters. The molecule has 4 aromatic rings. The largest absolute Gasteiger partial charge is 0.508 e. The van der Waals surface area contributed by atoms with Gasteiger partial charge in [0.15, 0.2) is 6.29 Å². The van der Waals surface area contributed by atoms with Crippen LogP contribution in [0.3, 0.4) is 0 Å². The lowest BCUT2D eigenvalue weighted by atomic mass is 10.3. The minimum absolute atomic E-state index is 0. The van der Waals surface area contributed by atoms with Gasteiger partial charge >= 0.3 is 0 Å². The van der Waals surface area contributed by atoms with Gasteiger partial charge in [0, 0.05) is 23.6 Å². The number of phenolic OH excluding ortho intramolecular Hbond substituents is 1. The average molecular weight is 729 g/mol. The standard InChI is InChI=1S/C9H12O2.C8H10O.C6H6O.C6H6.C2H6.13CH4.FH/c1-8(10-2)11-9-6-4-3-5-7-9;1-2-9-8-6-4-3-5-7-8;7-6-4-2-1-3-5-6;1-2-4-6-5-3-1;1-2;;;;;;;;;;;;;;/h3-8H,1-2H3;3-7H,2H2,1H3;1-5,7H;1-6H;1-2H3;13*1H4;1H/i;;;;;12*1T;;. The lowest BCUT2D eigenvalue weighted by Crippen LogP contribution is -2.13. The minimum atomic E-state index is -0.183. The molecule has 0 aliphatic carbocycles. The second kappa shape index (κ2) is 74.8. The van der Waals surface area contributed by atoms with Crippen molar-refractivity contribution in [3.05, 3.63) is 127 Å². The summed E-state index contributed by atoms with van der Waals surface area (Å²) in [5.74, 6) is 2.10. The molecule has 0 fully saturated rings. The van der Waals surface area contributed by atoms with Crippen molar-refractivity contribution < 1.29 is 40.5 Å². The summed E-state index contributed by atoms with van der Waals surface area (Å²) in [7, 11) is 16.6. The van der Waals surface area contributed by atoms with Gasteiger partial charge in [-0.15, -0.1) is 0 Å². The van der Waals surface area contributed by atoms with Gasteiger partial charge in [0.2, 0.25) is 0 Å². The molecule has 0 aromatic heterocycles. The lowest BCUT2D eigenvalue weighted by molar-refractivity contribution is -0.0382. The Kier molecular flexibility index (Phi) is 75.7. The molecule has 5 heteroatoms. The van der Waals surface area contributed by atoms with Gasteiger partial charge in [-0.3, -0.25) is 4.70 Å². The van der Waals surface area contributed by atoms with Crippen molar-refractivity contribution in [2.24, 2.45) is 0 Å². The number of hydrogen-bond acceptors (Lipinski definition) is 4. The van der Waals surface area contributed by atoms with Crippen LogP contribution in [0.1, 0.15) is 140 Å². The number of halogens is 1. The number of ether oxygens (including phenoxy) is 3. The maximum atomic E-state index is 8.63. The van der Waals surface area contributed by atoms with Crippen molar-refractivity contribution in [2.75, 3.05) is 13.7 Å². The monoisotopic (exact) mass is 729 g/mol. The maximum absolute atomic E-state index is 8.63. The minimum Gasteiger partial charge on any atom is -0.508 e. The topological polar surface area (TPSA) is 47.9 Å². The Morgan fingerprint density at radius 1 is 0.510 bits per heavy atom. The number of phenols is 1. The highest BCUT2D eigenvalue weighted by Crippen LogP contribution is 2.10. The van der Waals surface area contributed by atoms with Gasteiger partial charge in [-0.25, -0.2) is 0 Å². The molecule has 1 N–H and O–H groups in total. The molecule has 0 spiro atoms. The molecule has 1 unspecified atom stereocenters. The van der Waals surface area contributed by atoms with Crippen molar-refractivity contribution in [3.63, 3.8) is 0 Å². The third-order valence-electron chi connectivity index (χ3n) is 3.85. The van der Waals surface area contributed by atoms with Crippen molar-refractivity contribution in [3.8, 4) is 17.2 Å². The highest BCUT2D eigenvalue weighted by atomic mass is 19.0. The molecule has 4 nitrogen and oxygen atoms in total. The molecule has 0 aliphatic rings. The van der Waals surface area contributed by atoms with Crippen LogP contribution >= 0.6 is 0 Å². The van der Waals surface area contributed by atoms with E-state index in [1.54, 1.807) is 31.4 Å². The Morgan fingerprint density at radius 2 is 0.755 bits per heavy atom. The number of aromatic hydroxyl groups is 1. The van der Waals surface area contributed by atoms with E-state index in [1.165, 1.54) is 88.8 Å². The molecular weight excluding hydrogens is 611 g/mol. The van der Waals surface area contributed by atoms with Gasteiger partial charge in [0.1, 0.15) is 17.2 Å². The first-order valence-electron chi connectivity index (χ1n) is 23.8. The number of rotatable bonds is 5.